The summed E-state index contributed by atoms with van der Waals surface area (Å²) < 4.78 is 17.8. The topological polar surface area (TPSA) is 108 Å². The molecule has 1 aromatic heterocycles. The Hall–Kier alpha value is -3.66. The molecule has 2 aromatic carbocycles. The first-order chi connectivity index (χ1) is 16.9. The van der Waals surface area contributed by atoms with E-state index < -0.39 is 17.4 Å². The average Bonchev–Trinajstić information content (AvgIpc) is 3.33. The van der Waals surface area contributed by atoms with Gasteiger partial charge in [-0.05, 0) is 55.7 Å². The van der Waals surface area contributed by atoms with Gasteiger partial charge < -0.3 is 29.4 Å². The number of nitrogens with one attached hydrogen (secondary N) is 2. The summed E-state index contributed by atoms with van der Waals surface area (Å²) in [5.74, 6) is 1.38. The number of rotatable bonds is 9. The van der Waals surface area contributed by atoms with Gasteiger partial charge in [0.15, 0.2) is 11.5 Å². The SMILES string of the molecule is CCn1cc(C(=O)NC(CCSC)C(=O)Nc2ccc(OC)cc2)c(=O)c2cc3c(cc21)OCO3. The van der Waals surface area contributed by atoms with Gasteiger partial charge in [0, 0.05) is 24.5 Å². The Bertz CT molecular complexity index is 1310. The van der Waals surface area contributed by atoms with Crippen LogP contribution in [0.5, 0.6) is 17.2 Å². The minimum Gasteiger partial charge on any atom is -0.497 e. The standard InChI is InChI=1S/C25H27N3O6S/c1-4-28-13-18(23(29)17-11-21-22(12-20(17)28)34-14-33-21)24(30)27-19(9-10-35-3)25(31)26-15-5-7-16(32-2)8-6-15/h5-8,11-13,19H,4,9-10,14H2,1-3H3,(H,26,31)(H,27,30). The van der Waals surface area contributed by atoms with Crippen LogP contribution in [0.4, 0.5) is 5.69 Å². The molecule has 0 aliphatic carbocycles. The predicted molar refractivity (Wildman–Crippen MR) is 136 cm³/mol. The van der Waals surface area contributed by atoms with E-state index in [4.69, 9.17) is 14.2 Å². The zero-order chi connectivity index (χ0) is 24.9. The van der Waals surface area contributed by atoms with E-state index in [0.29, 0.717) is 52.6 Å². The zero-order valence-corrected chi connectivity index (χ0v) is 20.6. The van der Waals surface area contributed by atoms with Gasteiger partial charge in [-0.1, -0.05) is 0 Å². The predicted octanol–water partition coefficient (Wildman–Crippen LogP) is 3.25. The van der Waals surface area contributed by atoms with Gasteiger partial charge in [-0.25, -0.2) is 0 Å². The lowest BCUT2D eigenvalue weighted by Gasteiger charge is -2.19. The third-order valence-electron chi connectivity index (χ3n) is 5.75. The van der Waals surface area contributed by atoms with Gasteiger partial charge in [0.1, 0.15) is 17.4 Å². The number of amides is 2. The van der Waals surface area contributed by atoms with Crippen LogP contribution in [0.3, 0.4) is 0 Å². The highest BCUT2D eigenvalue weighted by Crippen LogP contribution is 2.35. The van der Waals surface area contributed by atoms with Gasteiger partial charge in [0.25, 0.3) is 5.91 Å². The van der Waals surface area contributed by atoms with Crippen molar-refractivity contribution < 1.29 is 23.8 Å². The van der Waals surface area contributed by atoms with Gasteiger partial charge >= 0.3 is 0 Å². The number of hydrogen-bond donors (Lipinski definition) is 2. The van der Waals surface area contributed by atoms with Crippen molar-refractivity contribution in [3.63, 3.8) is 0 Å². The fourth-order valence-electron chi connectivity index (χ4n) is 3.85. The number of nitrogens with zero attached hydrogens (tertiary/aromatic N) is 1. The molecule has 2 heterocycles. The van der Waals surface area contributed by atoms with Crippen molar-refractivity contribution in [3.8, 4) is 17.2 Å². The third kappa shape index (κ3) is 5.22. The van der Waals surface area contributed by atoms with E-state index in [1.165, 1.54) is 6.20 Å². The second kappa shape index (κ2) is 10.7. The van der Waals surface area contributed by atoms with Crippen molar-refractivity contribution in [2.75, 3.05) is 31.2 Å². The van der Waals surface area contributed by atoms with Crippen molar-refractivity contribution >= 4 is 40.2 Å². The number of hydrogen-bond acceptors (Lipinski definition) is 7. The molecule has 0 spiro atoms. The second-order valence-electron chi connectivity index (χ2n) is 7.91. The molecule has 1 atom stereocenters. The van der Waals surface area contributed by atoms with E-state index in [1.807, 2.05) is 17.7 Å². The summed E-state index contributed by atoms with van der Waals surface area (Å²) in [5.41, 5.74) is 0.757. The molecule has 4 rings (SSSR count). The van der Waals surface area contributed by atoms with Crippen LogP contribution in [0.1, 0.15) is 23.7 Å². The van der Waals surface area contributed by atoms with E-state index in [-0.39, 0.29) is 18.3 Å². The van der Waals surface area contributed by atoms with Crippen LogP contribution >= 0.6 is 11.8 Å². The Kier molecular flexibility index (Phi) is 7.50. The number of carbonyl (C=O) groups excluding carboxylic acids is 2. The Morgan fingerprint density at radius 3 is 2.54 bits per heavy atom. The molecule has 0 saturated carbocycles. The van der Waals surface area contributed by atoms with Gasteiger partial charge in [0.2, 0.25) is 18.1 Å². The number of pyridine rings is 1. The van der Waals surface area contributed by atoms with Crippen molar-refractivity contribution in [2.45, 2.75) is 25.9 Å². The van der Waals surface area contributed by atoms with Crippen LogP contribution in [0.2, 0.25) is 0 Å². The molecule has 9 nitrogen and oxygen atoms in total. The molecule has 1 aliphatic heterocycles. The number of benzene rings is 2. The van der Waals surface area contributed by atoms with Gasteiger partial charge in [-0.15, -0.1) is 0 Å². The maximum absolute atomic E-state index is 13.3. The summed E-state index contributed by atoms with van der Waals surface area (Å²) in [5, 5.41) is 5.94. The Balaban J connectivity index is 1.61. The fourth-order valence-corrected chi connectivity index (χ4v) is 4.32. The average molecular weight is 498 g/mol. The first-order valence-electron chi connectivity index (χ1n) is 11.2. The molecule has 3 aromatic rings. The van der Waals surface area contributed by atoms with Crippen LogP contribution in [0.15, 0.2) is 47.4 Å². The number of thioether (sulfide) groups is 1. The molecule has 184 valence electrons. The van der Waals surface area contributed by atoms with Crippen molar-refractivity contribution in [2.24, 2.45) is 0 Å². The molecular formula is C25H27N3O6S. The van der Waals surface area contributed by atoms with Crippen molar-refractivity contribution in [1.29, 1.82) is 0 Å². The van der Waals surface area contributed by atoms with Crippen LogP contribution < -0.4 is 30.3 Å². The number of ether oxygens (including phenoxy) is 3. The Morgan fingerprint density at radius 2 is 1.89 bits per heavy atom. The molecular weight excluding hydrogens is 470 g/mol. The maximum atomic E-state index is 13.3. The highest BCUT2D eigenvalue weighted by Gasteiger charge is 2.25. The molecule has 2 N–H and O–H groups in total. The third-order valence-corrected chi connectivity index (χ3v) is 6.39. The molecule has 0 radical (unpaired) electrons. The summed E-state index contributed by atoms with van der Waals surface area (Å²) in [7, 11) is 1.56. The molecule has 10 heteroatoms. The molecule has 0 saturated heterocycles. The molecule has 1 aliphatic rings. The van der Waals surface area contributed by atoms with Crippen LogP contribution in [0.25, 0.3) is 10.9 Å². The largest absolute Gasteiger partial charge is 0.497 e. The molecule has 2 amide bonds. The Morgan fingerprint density at radius 1 is 1.17 bits per heavy atom. The van der Waals surface area contributed by atoms with Crippen molar-refractivity contribution in [3.05, 3.63) is 58.4 Å². The van der Waals surface area contributed by atoms with E-state index >= 15 is 0 Å². The summed E-state index contributed by atoms with van der Waals surface area (Å²) in [6, 6.07) is 9.44. The van der Waals surface area contributed by atoms with E-state index in [0.717, 1.165) is 0 Å². The summed E-state index contributed by atoms with van der Waals surface area (Å²) in [4.78, 5) is 39.5. The second-order valence-corrected chi connectivity index (χ2v) is 8.89. The first-order valence-corrected chi connectivity index (χ1v) is 12.6. The number of carbonyl (C=O) groups is 2. The lowest BCUT2D eigenvalue weighted by Crippen LogP contribution is -2.45. The van der Waals surface area contributed by atoms with Crippen LogP contribution in [-0.2, 0) is 11.3 Å². The van der Waals surface area contributed by atoms with Gasteiger partial charge in [0.05, 0.1) is 18.0 Å². The smallest absolute Gasteiger partial charge is 0.257 e. The molecule has 0 bridgehead atoms. The van der Waals surface area contributed by atoms with Crippen molar-refractivity contribution in [1.82, 2.24) is 9.88 Å². The zero-order valence-electron chi connectivity index (χ0n) is 19.8. The van der Waals surface area contributed by atoms with Gasteiger partial charge in [-0.3, -0.25) is 14.4 Å². The maximum Gasteiger partial charge on any atom is 0.257 e. The molecule has 35 heavy (non-hydrogen) atoms. The minimum absolute atomic E-state index is 0.0374. The van der Waals surface area contributed by atoms with Gasteiger partial charge in [-0.2, -0.15) is 11.8 Å². The lowest BCUT2D eigenvalue weighted by molar-refractivity contribution is -0.118. The molecule has 1 unspecified atom stereocenters. The normalized spacial score (nSPS) is 12.9. The number of aryl methyl sites for hydroxylation is 1. The highest BCUT2D eigenvalue weighted by molar-refractivity contribution is 7.98. The van der Waals surface area contributed by atoms with E-state index in [9.17, 15) is 14.4 Å². The first kappa shape index (κ1) is 24.5. The summed E-state index contributed by atoms with van der Waals surface area (Å²) in [6.07, 6.45) is 3.85. The lowest BCUT2D eigenvalue weighted by atomic mass is 10.1. The highest BCUT2D eigenvalue weighted by atomic mass is 32.2. The summed E-state index contributed by atoms with van der Waals surface area (Å²) >= 11 is 1.56. The fraction of sp³-hybridized carbons (Fsp3) is 0.320. The van der Waals surface area contributed by atoms with Crippen LogP contribution in [-0.4, -0.2) is 48.3 Å². The number of methoxy groups -OCH3 is 1. The number of fused-ring (bicyclic) bond motifs is 2. The quantitative estimate of drug-likeness (QED) is 0.467. The summed E-state index contributed by atoms with van der Waals surface area (Å²) in [6.45, 7) is 2.53. The van der Waals surface area contributed by atoms with E-state index in [1.54, 1.807) is 55.3 Å². The molecule has 0 fully saturated rings. The number of aromatic nitrogens is 1. The Labute approximate surface area is 206 Å². The van der Waals surface area contributed by atoms with Crippen LogP contribution in [0, 0.1) is 0 Å². The number of anilines is 1. The van der Waals surface area contributed by atoms with E-state index in [2.05, 4.69) is 10.6 Å². The monoisotopic (exact) mass is 497 g/mol. The minimum atomic E-state index is -0.820.